The number of imide groups is 1. The molecule has 2 aromatic rings. The van der Waals surface area contributed by atoms with Crippen molar-refractivity contribution in [1.82, 2.24) is 4.72 Å². The lowest BCUT2D eigenvalue weighted by Crippen LogP contribution is -2.31. The molecule has 0 spiro atoms. The number of hydrogen-bond acceptors (Lipinski definition) is 9. The van der Waals surface area contributed by atoms with Gasteiger partial charge >= 0.3 is 12.1 Å². The zero-order valence-corrected chi connectivity index (χ0v) is 24.4. The fourth-order valence-electron chi connectivity index (χ4n) is 4.01. The molecule has 0 unspecified atom stereocenters. The minimum atomic E-state index is -3.87. The number of methoxy groups -OCH3 is 1. The highest BCUT2D eigenvalue weighted by molar-refractivity contribution is 7.90. The van der Waals surface area contributed by atoms with Crippen molar-refractivity contribution in [1.29, 1.82) is 0 Å². The first-order valence-electron chi connectivity index (χ1n) is 12.3. The summed E-state index contributed by atoms with van der Waals surface area (Å²) < 4.78 is 33.6. The number of nitrogens with zero attached hydrogens (tertiary/aromatic N) is 1. The predicted molar refractivity (Wildman–Crippen MR) is 153 cm³/mol. The van der Waals surface area contributed by atoms with Crippen LogP contribution in [0, 0.1) is 0 Å². The summed E-state index contributed by atoms with van der Waals surface area (Å²) in [5.41, 5.74) is 7.87. The van der Waals surface area contributed by atoms with Gasteiger partial charge in [-0.15, -0.1) is 0 Å². The number of nitrogens with two attached hydrogens (primary N) is 1. The van der Waals surface area contributed by atoms with Gasteiger partial charge in [-0.3, -0.25) is 9.59 Å². The third kappa shape index (κ3) is 7.66. The summed E-state index contributed by atoms with van der Waals surface area (Å²) in [4.78, 5) is 48.9. The third-order valence-electron chi connectivity index (χ3n) is 5.97. The molecular formula is C27H27Cl2N3O8S. The normalized spacial score (nSPS) is 15.1. The van der Waals surface area contributed by atoms with E-state index in [1.165, 1.54) is 35.2 Å². The Morgan fingerprint density at radius 1 is 1.05 bits per heavy atom. The van der Waals surface area contributed by atoms with Crippen molar-refractivity contribution in [2.45, 2.75) is 37.5 Å². The second kappa shape index (κ2) is 13.7. The number of sulfonamides is 1. The van der Waals surface area contributed by atoms with Gasteiger partial charge in [-0.1, -0.05) is 23.2 Å². The number of hydrogen-bond donors (Lipinski definition) is 2. The monoisotopic (exact) mass is 623 g/mol. The van der Waals surface area contributed by atoms with Crippen LogP contribution in [0.2, 0.25) is 5.02 Å². The average Bonchev–Trinajstić information content (AvgIpc) is 3.20. The van der Waals surface area contributed by atoms with Crippen LogP contribution in [0.4, 0.5) is 16.2 Å². The second-order valence-corrected chi connectivity index (χ2v) is 11.2. The highest BCUT2D eigenvalue weighted by Gasteiger charge is 2.39. The number of benzene rings is 2. The van der Waals surface area contributed by atoms with Gasteiger partial charge in [0.1, 0.15) is 5.03 Å². The molecule has 0 fully saturated rings. The summed E-state index contributed by atoms with van der Waals surface area (Å²) in [6.45, 7) is 1.87. The molecule has 1 heterocycles. The zero-order chi connectivity index (χ0) is 30.3. The molecule has 1 aliphatic carbocycles. The van der Waals surface area contributed by atoms with Crippen molar-refractivity contribution in [3.63, 3.8) is 0 Å². The standard InChI is InChI=1S/C19H17Cl2NO4.C8H10N2O4S/c1-2-26-19(25)16(21)10-11-9-12(7-8-15(11)20)22-17(23)13-5-3-4-6-14(13)18(22)24;1-14-8(11)10-15(12,13)7-4-2-6(9)3-5-7/h7-10H,2-6H2,1H3;2-5H,9H2,1H3,(H,10,11)/b16-10-;. The molecule has 0 bridgehead atoms. The van der Waals surface area contributed by atoms with E-state index in [2.05, 4.69) is 4.74 Å². The Morgan fingerprint density at radius 3 is 2.17 bits per heavy atom. The van der Waals surface area contributed by atoms with Crippen LogP contribution in [0.3, 0.4) is 0 Å². The second-order valence-electron chi connectivity index (χ2n) is 8.69. The Balaban J connectivity index is 0.000000263. The molecule has 1 aliphatic heterocycles. The van der Waals surface area contributed by atoms with Gasteiger partial charge in [-0.2, -0.15) is 0 Å². The molecular weight excluding hydrogens is 597 g/mol. The fourth-order valence-corrected chi connectivity index (χ4v) is 5.27. The number of esters is 1. The summed E-state index contributed by atoms with van der Waals surface area (Å²) in [5, 5.41) is 0.204. The molecule has 2 aromatic carbocycles. The van der Waals surface area contributed by atoms with Crippen LogP contribution >= 0.6 is 23.2 Å². The molecule has 3 amide bonds. The van der Waals surface area contributed by atoms with Crippen molar-refractivity contribution in [2.24, 2.45) is 0 Å². The van der Waals surface area contributed by atoms with Crippen molar-refractivity contribution >= 4 is 74.6 Å². The first kappa shape index (κ1) is 31.7. The van der Waals surface area contributed by atoms with Gasteiger partial charge < -0.3 is 15.2 Å². The Kier molecular flexibility index (Phi) is 10.5. The molecule has 41 heavy (non-hydrogen) atoms. The number of rotatable bonds is 6. The van der Waals surface area contributed by atoms with E-state index >= 15 is 0 Å². The smallest absolute Gasteiger partial charge is 0.420 e. The number of carbonyl (C=O) groups excluding carboxylic acids is 4. The van der Waals surface area contributed by atoms with Gasteiger partial charge in [-0.25, -0.2) is 27.6 Å². The topological polar surface area (TPSA) is 162 Å². The molecule has 2 aliphatic rings. The molecule has 14 heteroatoms. The molecule has 11 nitrogen and oxygen atoms in total. The van der Waals surface area contributed by atoms with Crippen molar-refractivity contribution in [3.05, 3.63) is 69.2 Å². The summed E-state index contributed by atoms with van der Waals surface area (Å²) in [6, 6.07) is 10.2. The van der Waals surface area contributed by atoms with Gasteiger partial charge in [0, 0.05) is 21.9 Å². The lowest BCUT2D eigenvalue weighted by Gasteiger charge is -2.16. The maximum atomic E-state index is 12.7. The summed E-state index contributed by atoms with van der Waals surface area (Å²) in [6.07, 6.45) is 3.41. The minimum absolute atomic E-state index is 0.0536. The maximum Gasteiger partial charge on any atom is 0.420 e. The van der Waals surface area contributed by atoms with Crippen molar-refractivity contribution < 1.29 is 37.1 Å². The minimum Gasteiger partial charge on any atom is -0.462 e. The van der Waals surface area contributed by atoms with Crippen LogP contribution in [0.15, 0.2) is 63.5 Å². The number of amides is 3. The molecule has 0 saturated heterocycles. The average molecular weight is 624 g/mol. The first-order chi connectivity index (χ1) is 19.4. The van der Waals surface area contributed by atoms with E-state index < -0.39 is 22.1 Å². The summed E-state index contributed by atoms with van der Waals surface area (Å²) >= 11 is 12.1. The molecule has 0 aromatic heterocycles. The van der Waals surface area contributed by atoms with E-state index in [-0.39, 0.29) is 28.3 Å². The van der Waals surface area contributed by atoms with Gasteiger partial charge in [0.2, 0.25) is 0 Å². The Bertz CT molecular complexity index is 1510. The quantitative estimate of drug-likeness (QED) is 0.203. The maximum absolute atomic E-state index is 12.7. The van der Waals surface area contributed by atoms with Gasteiger partial charge in [0.25, 0.3) is 21.8 Å². The molecule has 4 rings (SSSR count). The van der Waals surface area contributed by atoms with Gasteiger partial charge in [-0.05, 0) is 86.7 Å². The Labute approximate surface area is 246 Å². The lowest BCUT2D eigenvalue weighted by molar-refractivity contribution is -0.137. The van der Waals surface area contributed by atoms with Crippen molar-refractivity contribution in [2.75, 3.05) is 24.4 Å². The Hall–Kier alpha value is -3.87. The highest BCUT2D eigenvalue weighted by Crippen LogP contribution is 2.37. The molecule has 0 radical (unpaired) electrons. The lowest BCUT2D eigenvalue weighted by atomic mass is 9.93. The number of anilines is 2. The molecule has 0 atom stereocenters. The number of nitrogens with one attached hydrogen (secondary N) is 1. The third-order valence-corrected chi connectivity index (χ3v) is 7.91. The number of ether oxygens (including phenoxy) is 2. The van der Waals surface area contributed by atoms with Crippen LogP contribution < -0.4 is 15.4 Å². The van der Waals surface area contributed by atoms with E-state index in [9.17, 15) is 27.6 Å². The summed E-state index contributed by atoms with van der Waals surface area (Å²) in [5.74, 6) is -1.22. The molecule has 0 saturated carbocycles. The molecule has 218 valence electrons. The zero-order valence-electron chi connectivity index (χ0n) is 22.1. The number of carbonyl (C=O) groups is 4. The van der Waals surface area contributed by atoms with E-state index in [4.69, 9.17) is 33.7 Å². The van der Waals surface area contributed by atoms with Crippen LogP contribution in [0.25, 0.3) is 6.08 Å². The van der Waals surface area contributed by atoms with Crippen LogP contribution in [0.1, 0.15) is 38.2 Å². The largest absolute Gasteiger partial charge is 0.462 e. The number of nitrogen functional groups attached to an aromatic ring is 1. The van der Waals surface area contributed by atoms with Crippen LogP contribution in [-0.2, 0) is 33.9 Å². The Morgan fingerprint density at radius 2 is 1.63 bits per heavy atom. The summed E-state index contributed by atoms with van der Waals surface area (Å²) in [7, 11) is -2.79. The highest BCUT2D eigenvalue weighted by atomic mass is 35.5. The number of halogens is 2. The van der Waals surface area contributed by atoms with Crippen molar-refractivity contribution in [3.8, 4) is 0 Å². The molecule has 3 N–H and O–H groups in total. The fraction of sp³-hybridized carbons (Fsp3) is 0.259. The predicted octanol–water partition coefficient (Wildman–Crippen LogP) is 4.54. The van der Waals surface area contributed by atoms with E-state index in [0.29, 0.717) is 45.9 Å². The van der Waals surface area contributed by atoms with Crippen LogP contribution in [-0.4, -0.2) is 46.0 Å². The van der Waals surface area contributed by atoms with E-state index in [1.807, 2.05) is 0 Å². The van der Waals surface area contributed by atoms with Crippen LogP contribution in [0.5, 0.6) is 0 Å². The van der Waals surface area contributed by atoms with Gasteiger partial charge in [0.15, 0.2) is 0 Å². The van der Waals surface area contributed by atoms with Gasteiger partial charge in [0.05, 0.1) is 24.3 Å². The van der Waals surface area contributed by atoms with E-state index in [0.717, 1.165) is 20.0 Å². The van der Waals surface area contributed by atoms with E-state index in [1.54, 1.807) is 29.8 Å². The SMILES string of the molecule is CCOC(=O)/C(Cl)=C/c1cc(N2C(=O)C3=C(CCCC3)C2=O)ccc1Cl.COC(=O)NS(=O)(=O)c1ccc(N)cc1. The first-order valence-corrected chi connectivity index (χ1v) is 14.5.